The maximum absolute atomic E-state index is 11.2. The van der Waals surface area contributed by atoms with Crippen molar-refractivity contribution in [2.24, 2.45) is 0 Å². The molecule has 1 aromatic heterocycles. The lowest BCUT2D eigenvalue weighted by atomic mass is 10.4. The third-order valence-corrected chi connectivity index (χ3v) is 3.10. The molecule has 6 heteroatoms. The lowest BCUT2D eigenvalue weighted by Gasteiger charge is -2.09. The fourth-order valence-electron chi connectivity index (χ4n) is 0.835. The number of carbonyl (C=O) groups is 1. The molecule has 1 N–H and O–H groups in total. The number of rotatable bonds is 4. The zero-order chi connectivity index (χ0) is 10.6. The average Bonchev–Trinajstić information content (AvgIpc) is 2.51. The molecular formula is C8H12BrN3OS. The van der Waals surface area contributed by atoms with Crippen molar-refractivity contribution in [2.75, 3.05) is 26.0 Å². The van der Waals surface area contributed by atoms with E-state index in [0.717, 1.165) is 9.73 Å². The second kappa shape index (κ2) is 5.31. The molecule has 0 atom stereocenters. The van der Waals surface area contributed by atoms with Crippen LogP contribution in [0.4, 0.5) is 5.13 Å². The minimum absolute atomic E-state index is 0.119. The first-order valence-corrected chi connectivity index (χ1v) is 5.82. The van der Waals surface area contributed by atoms with Gasteiger partial charge in [0.25, 0.3) is 0 Å². The summed E-state index contributed by atoms with van der Waals surface area (Å²) in [6.45, 7) is 0.622. The Morgan fingerprint density at radius 2 is 2.43 bits per heavy atom. The molecule has 0 bridgehead atoms. The zero-order valence-electron chi connectivity index (χ0n) is 8.08. The van der Waals surface area contributed by atoms with Crippen molar-refractivity contribution in [1.82, 2.24) is 9.88 Å². The van der Waals surface area contributed by atoms with Crippen LogP contribution < -0.4 is 5.32 Å². The zero-order valence-corrected chi connectivity index (χ0v) is 10.5. The molecule has 1 heterocycles. The van der Waals surface area contributed by atoms with Crippen molar-refractivity contribution in [3.8, 4) is 0 Å². The number of nitrogens with zero attached hydrogens (tertiary/aromatic N) is 2. The number of halogens is 1. The number of amides is 1. The molecule has 1 aromatic rings. The second-order valence-corrected chi connectivity index (χ2v) is 4.61. The summed E-state index contributed by atoms with van der Waals surface area (Å²) in [5, 5.41) is 5.82. The van der Waals surface area contributed by atoms with Crippen LogP contribution >= 0.6 is 27.3 Å². The fraction of sp³-hybridized carbons (Fsp3) is 0.500. The summed E-state index contributed by atoms with van der Waals surface area (Å²) in [5.74, 6) is 0.119. The van der Waals surface area contributed by atoms with Crippen molar-refractivity contribution in [3.63, 3.8) is 0 Å². The van der Waals surface area contributed by atoms with Gasteiger partial charge in [-0.1, -0.05) is 0 Å². The van der Waals surface area contributed by atoms with Crippen LogP contribution in [0.2, 0.25) is 0 Å². The van der Waals surface area contributed by atoms with Crippen LogP contribution in [0.3, 0.4) is 0 Å². The Labute approximate surface area is 95.5 Å². The monoisotopic (exact) mass is 277 g/mol. The van der Waals surface area contributed by atoms with E-state index in [4.69, 9.17) is 0 Å². The van der Waals surface area contributed by atoms with Gasteiger partial charge in [-0.05, 0) is 15.9 Å². The summed E-state index contributed by atoms with van der Waals surface area (Å²) in [6.07, 6.45) is 0.490. The lowest BCUT2D eigenvalue weighted by molar-refractivity contribution is -0.128. The Balaban J connectivity index is 2.25. The highest BCUT2D eigenvalue weighted by molar-refractivity contribution is 9.10. The second-order valence-electron chi connectivity index (χ2n) is 2.94. The number of hydrogen-bond acceptors (Lipinski definition) is 4. The number of thiazole rings is 1. The van der Waals surface area contributed by atoms with Gasteiger partial charge >= 0.3 is 0 Å². The molecule has 0 aromatic carbocycles. The third-order valence-electron chi connectivity index (χ3n) is 1.59. The Bertz CT molecular complexity index is 313. The van der Waals surface area contributed by atoms with Crippen LogP contribution in [-0.4, -0.2) is 36.4 Å². The highest BCUT2D eigenvalue weighted by atomic mass is 79.9. The summed E-state index contributed by atoms with van der Waals surface area (Å²) in [7, 11) is 3.50. The standard InChI is InChI=1S/C8H12BrN3OS/c1-12(2)7(13)3-4-10-8-11-6(9)5-14-8/h5H,3-4H2,1-2H3,(H,10,11). The maximum atomic E-state index is 11.2. The van der Waals surface area contributed by atoms with Crippen LogP contribution in [0.5, 0.6) is 0 Å². The van der Waals surface area contributed by atoms with E-state index in [1.165, 1.54) is 11.3 Å². The predicted octanol–water partition coefficient (Wildman–Crippen LogP) is 1.80. The van der Waals surface area contributed by atoms with Gasteiger partial charge in [-0.2, -0.15) is 0 Å². The Morgan fingerprint density at radius 3 is 2.93 bits per heavy atom. The fourth-order valence-corrected chi connectivity index (χ4v) is 2.01. The topological polar surface area (TPSA) is 45.2 Å². The Morgan fingerprint density at radius 1 is 1.71 bits per heavy atom. The Hall–Kier alpha value is -0.620. The summed E-state index contributed by atoms with van der Waals surface area (Å²) in [4.78, 5) is 16.9. The SMILES string of the molecule is CN(C)C(=O)CCNc1nc(Br)cs1. The maximum Gasteiger partial charge on any atom is 0.223 e. The summed E-state index contributed by atoms with van der Waals surface area (Å²) in [5.41, 5.74) is 0. The van der Waals surface area contributed by atoms with Crippen LogP contribution in [0.1, 0.15) is 6.42 Å². The van der Waals surface area contributed by atoms with Crippen LogP contribution in [0.15, 0.2) is 9.98 Å². The molecule has 78 valence electrons. The van der Waals surface area contributed by atoms with Crippen molar-refractivity contribution in [3.05, 3.63) is 9.98 Å². The first-order chi connectivity index (χ1) is 6.59. The summed E-state index contributed by atoms with van der Waals surface area (Å²) < 4.78 is 0.823. The molecule has 0 aliphatic carbocycles. The van der Waals surface area contributed by atoms with Crippen molar-refractivity contribution in [1.29, 1.82) is 0 Å². The quantitative estimate of drug-likeness (QED) is 0.913. The summed E-state index contributed by atoms with van der Waals surface area (Å²) >= 11 is 4.78. The van der Waals surface area contributed by atoms with Gasteiger partial charge in [0.15, 0.2) is 5.13 Å². The van der Waals surface area contributed by atoms with E-state index in [-0.39, 0.29) is 5.91 Å². The minimum atomic E-state index is 0.119. The molecular weight excluding hydrogens is 266 g/mol. The molecule has 0 aliphatic heterocycles. The predicted molar refractivity (Wildman–Crippen MR) is 61.6 cm³/mol. The van der Waals surface area contributed by atoms with Crippen molar-refractivity contribution in [2.45, 2.75) is 6.42 Å². The molecule has 1 rings (SSSR count). The first kappa shape index (κ1) is 11.5. The number of hydrogen-bond donors (Lipinski definition) is 1. The van der Waals surface area contributed by atoms with E-state index in [9.17, 15) is 4.79 Å². The molecule has 4 nitrogen and oxygen atoms in total. The van der Waals surface area contributed by atoms with Gasteiger partial charge in [0.1, 0.15) is 4.60 Å². The van der Waals surface area contributed by atoms with Crippen LogP contribution in [-0.2, 0) is 4.79 Å². The average molecular weight is 278 g/mol. The van der Waals surface area contributed by atoms with E-state index in [1.807, 2.05) is 5.38 Å². The molecule has 1 amide bonds. The van der Waals surface area contributed by atoms with Gasteiger partial charge in [0.2, 0.25) is 5.91 Å². The van der Waals surface area contributed by atoms with Gasteiger partial charge in [0, 0.05) is 32.4 Å². The van der Waals surface area contributed by atoms with Gasteiger partial charge < -0.3 is 10.2 Å². The van der Waals surface area contributed by atoms with Crippen LogP contribution in [0.25, 0.3) is 0 Å². The molecule has 0 unspecified atom stereocenters. The van der Waals surface area contributed by atoms with Crippen molar-refractivity contribution < 1.29 is 4.79 Å². The molecule has 0 aliphatic rings. The van der Waals surface area contributed by atoms with Crippen molar-refractivity contribution >= 4 is 38.3 Å². The largest absolute Gasteiger partial charge is 0.361 e. The highest BCUT2D eigenvalue weighted by Crippen LogP contribution is 2.18. The van der Waals surface area contributed by atoms with E-state index in [0.29, 0.717) is 13.0 Å². The van der Waals surface area contributed by atoms with Crippen LogP contribution in [0, 0.1) is 0 Å². The van der Waals surface area contributed by atoms with Gasteiger partial charge in [-0.15, -0.1) is 11.3 Å². The third kappa shape index (κ3) is 3.63. The van der Waals surface area contributed by atoms with E-state index < -0.39 is 0 Å². The van der Waals surface area contributed by atoms with E-state index >= 15 is 0 Å². The van der Waals surface area contributed by atoms with Gasteiger partial charge in [-0.3, -0.25) is 4.79 Å². The smallest absolute Gasteiger partial charge is 0.223 e. The lowest BCUT2D eigenvalue weighted by Crippen LogP contribution is -2.23. The Kier molecular flexibility index (Phi) is 4.34. The molecule has 0 saturated carbocycles. The number of aromatic nitrogens is 1. The van der Waals surface area contributed by atoms with Gasteiger partial charge in [-0.25, -0.2) is 4.98 Å². The minimum Gasteiger partial charge on any atom is -0.361 e. The number of nitrogens with one attached hydrogen (secondary N) is 1. The van der Waals surface area contributed by atoms with Gasteiger partial charge in [0.05, 0.1) is 0 Å². The molecule has 0 fully saturated rings. The van der Waals surface area contributed by atoms with E-state index in [1.54, 1.807) is 19.0 Å². The number of carbonyl (C=O) groups excluding carboxylic acids is 1. The highest BCUT2D eigenvalue weighted by Gasteiger charge is 2.03. The molecule has 0 radical (unpaired) electrons. The molecule has 14 heavy (non-hydrogen) atoms. The molecule has 0 spiro atoms. The normalized spacial score (nSPS) is 9.93. The van der Waals surface area contributed by atoms with E-state index in [2.05, 4.69) is 26.2 Å². The first-order valence-electron chi connectivity index (χ1n) is 4.14. The molecule has 0 saturated heterocycles. The number of anilines is 1. The summed E-state index contributed by atoms with van der Waals surface area (Å²) in [6, 6.07) is 0.